The average molecular weight is 254 g/mol. The van der Waals surface area contributed by atoms with Crippen molar-refractivity contribution in [1.29, 1.82) is 0 Å². The summed E-state index contributed by atoms with van der Waals surface area (Å²) in [5, 5.41) is 0. The Labute approximate surface area is 110 Å². The molecule has 0 N–H and O–H groups in total. The molecule has 0 heterocycles. The first-order valence-corrected chi connectivity index (χ1v) is 7.54. The molecular weight excluding hydrogens is 228 g/mol. The lowest BCUT2D eigenvalue weighted by molar-refractivity contribution is -0.0445. The summed E-state index contributed by atoms with van der Waals surface area (Å²) in [4.78, 5) is 11.8. The molecule has 2 aliphatic carbocycles. The van der Waals surface area contributed by atoms with E-state index in [0.29, 0.717) is 11.8 Å². The fraction of sp³-hybridized carbons (Fsp3) is 0.933. The van der Waals surface area contributed by atoms with E-state index in [1.807, 2.05) is 0 Å². The molecule has 2 fully saturated rings. The lowest BCUT2D eigenvalue weighted by Gasteiger charge is -2.31. The predicted molar refractivity (Wildman–Crippen MR) is 70.4 cm³/mol. The van der Waals surface area contributed by atoms with E-state index in [9.17, 15) is 4.79 Å². The van der Waals surface area contributed by atoms with E-state index in [2.05, 4.69) is 13.8 Å². The Morgan fingerprint density at radius 2 is 1.17 bits per heavy atom. The number of carbonyl (C=O) groups is 1. The van der Waals surface area contributed by atoms with Crippen molar-refractivity contribution in [2.45, 2.75) is 77.4 Å². The van der Waals surface area contributed by atoms with Crippen LogP contribution in [-0.2, 0) is 9.47 Å². The fourth-order valence-electron chi connectivity index (χ4n) is 3.19. The first-order chi connectivity index (χ1) is 8.66. The van der Waals surface area contributed by atoms with Gasteiger partial charge in [-0.25, -0.2) is 4.79 Å². The summed E-state index contributed by atoms with van der Waals surface area (Å²) in [6, 6.07) is 0. The van der Waals surface area contributed by atoms with Crippen LogP contribution in [0.2, 0.25) is 0 Å². The van der Waals surface area contributed by atoms with Gasteiger partial charge >= 0.3 is 6.16 Å². The summed E-state index contributed by atoms with van der Waals surface area (Å²) in [5.41, 5.74) is 0. The minimum atomic E-state index is -0.437. The van der Waals surface area contributed by atoms with Crippen LogP contribution in [0.1, 0.15) is 65.2 Å². The smallest absolute Gasteiger partial charge is 0.431 e. The molecule has 0 aromatic heterocycles. The summed E-state index contributed by atoms with van der Waals surface area (Å²) >= 11 is 0. The van der Waals surface area contributed by atoms with Crippen molar-refractivity contribution < 1.29 is 14.3 Å². The second-order valence-electron chi connectivity index (χ2n) is 6.09. The number of hydrogen-bond donors (Lipinski definition) is 0. The van der Waals surface area contributed by atoms with Gasteiger partial charge in [0, 0.05) is 0 Å². The molecule has 0 unspecified atom stereocenters. The van der Waals surface area contributed by atoms with Crippen LogP contribution < -0.4 is 0 Å². The molecule has 0 spiro atoms. The summed E-state index contributed by atoms with van der Waals surface area (Å²) in [6.07, 6.45) is 8.89. The monoisotopic (exact) mass is 254 g/mol. The molecule has 0 bridgehead atoms. The summed E-state index contributed by atoms with van der Waals surface area (Å²) < 4.78 is 11.0. The number of carbonyl (C=O) groups excluding carboxylic acids is 1. The highest BCUT2D eigenvalue weighted by atomic mass is 16.7. The molecule has 104 valence electrons. The molecule has 2 rings (SSSR count). The van der Waals surface area contributed by atoms with Crippen molar-refractivity contribution in [3.05, 3.63) is 0 Å². The molecule has 0 saturated heterocycles. The van der Waals surface area contributed by atoms with Gasteiger partial charge in [-0.15, -0.1) is 0 Å². The lowest BCUT2D eigenvalue weighted by atomic mass is 9.88. The van der Waals surface area contributed by atoms with Crippen LogP contribution in [0.3, 0.4) is 0 Å². The van der Waals surface area contributed by atoms with Gasteiger partial charge in [-0.05, 0) is 50.4 Å². The van der Waals surface area contributed by atoms with E-state index >= 15 is 0 Å². The first kappa shape index (κ1) is 13.7. The molecule has 3 heteroatoms. The van der Waals surface area contributed by atoms with Crippen LogP contribution in [-0.4, -0.2) is 18.4 Å². The van der Waals surface area contributed by atoms with Gasteiger partial charge in [-0.2, -0.15) is 0 Å². The molecule has 2 aliphatic rings. The van der Waals surface area contributed by atoms with E-state index in [4.69, 9.17) is 9.47 Å². The maximum atomic E-state index is 11.8. The van der Waals surface area contributed by atoms with Crippen molar-refractivity contribution >= 4 is 6.16 Å². The number of hydrogen-bond acceptors (Lipinski definition) is 3. The Kier molecular flexibility index (Phi) is 4.90. The van der Waals surface area contributed by atoms with Crippen molar-refractivity contribution in [2.75, 3.05) is 0 Å². The molecule has 0 aliphatic heterocycles. The van der Waals surface area contributed by atoms with Crippen LogP contribution in [0.25, 0.3) is 0 Å². The summed E-state index contributed by atoms with van der Waals surface area (Å²) in [7, 11) is 0. The van der Waals surface area contributed by atoms with Crippen LogP contribution in [0, 0.1) is 11.8 Å². The van der Waals surface area contributed by atoms with Gasteiger partial charge in [0.2, 0.25) is 0 Å². The zero-order valence-electron chi connectivity index (χ0n) is 11.7. The first-order valence-electron chi connectivity index (χ1n) is 7.54. The van der Waals surface area contributed by atoms with E-state index in [1.165, 1.54) is 25.7 Å². The minimum Gasteiger partial charge on any atom is -0.431 e. The van der Waals surface area contributed by atoms with Gasteiger partial charge in [0.25, 0.3) is 0 Å². The Bertz CT molecular complexity index is 251. The lowest BCUT2D eigenvalue weighted by Crippen LogP contribution is -2.33. The van der Waals surface area contributed by atoms with Crippen LogP contribution in [0.5, 0.6) is 0 Å². The van der Waals surface area contributed by atoms with Gasteiger partial charge in [0.1, 0.15) is 12.2 Å². The highest BCUT2D eigenvalue weighted by Gasteiger charge is 2.29. The Balaban J connectivity index is 1.77. The third-order valence-electron chi connectivity index (χ3n) is 4.56. The van der Waals surface area contributed by atoms with Gasteiger partial charge in [-0.1, -0.05) is 26.7 Å². The SMILES string of the molecule is C[C@@H]1CCCC[C@H]1OC(=O)O[C@@H]1CCCC[C@H]1C. The topological polar surface area (TPSA) is 35.5 Å². The summed E-state index contributed by atoms with van der Waals surface area (Å²) in [5.74, 6) is 0.963. The zero-order valence-corrected chi connectivity index (χ0v) is 11.7. The van der Waals surface area contributed by atoms with Crippen molar-refractivity contribution in [3.8, 4) is 0 Å². The Morgan fingerprint density at radius 3 is 1.56 bits per heavy atom. The third kappa shape index (κ3) is 3.63. The molecule has 0 aromatic rings. The van der Waals surface area contributed by atoms with E-state index in [-0.39, 0.29) is 12.2 Å². The van der Waals surface area contributed by atoms with Crippen molar-refractivity contribution in [3.63, 3.8) is 0 Å². The third-order valence-corrected chi connectivity index (χ3v) is 4.56. The average Bonchev–Trinajstić information content (AvgIpc) is 2.35. The highest BCUT2D eigenvalue weighted by Crippen LogP contribution is 2.29. The van der Waals surface area contributed by atoms with Gasteiger partial charge in [0.15, 0.2) is 0 Å². The second-order valence-corrected chi connectivity index (χ2v) is 6.09. The number of rotatable bonds is 2. The van der Waals surface area contributed by atoms with Crippen LogP contribution >= 0.6 is 0 Å². The molecule has 0 amide bonds. The van der Waals surface area contributed by atoms with Gasteiger partial charge in [-0.3, -0.25) is 0 Å². The molecule has 18 heavy (non-hydrogen) atoms. The van der Waals surface area contributed by atoms with E-state index < -0.39 is 6.16 Å². The largest absolute Gasteiger partial charge is 0.508 e. The summed E-state index contributed by atoms with van der Waals surface area (Å²) in [6.45, 7) is 4.33. The molecule has 0 aromatic carbocycles. The van der Waals surface area contributed by atoms with E-state index in [0.717, 1.165) is 25.7 Å². The zero-order chi connectivity index (χ0) is 13.0. The quantitative estimate of drug-likeness (QED) is 0.689. The molecule has 4 atom stereocenters. The highest BCUT2D eigenvalue weighted by molar-refractivity contribution is 5.60. The van der Waals surface area contributed by atoms with Gasteiger partial charge < -0.3 is 9.47 Å². The fourth-order valence-corrected chi connectivity index (χ4v) is 3.19. The standard InChI is InChI=1S/C15H26O3/c1-11-7-3-5-9-13(11)17-15(16)18-14-10-6-4-8-12(14)2/h11-14H,3-10H2,1-2H3/t11-,12-,13-,14-/m1/s1. The number of ether oxygens (including phenoxy) is 2. The Morgan fingerprint density at radius 1 is 0.778 bits per heavy atom. The van der Waals surface area contributed by atoms with Gasteiger partial charge in [0.05, 0.1) is 0 Å². The minimum absolute atomic E-state index is 0.0742. The molecule has 3 nitrogen and oxygen atoms in total. The van der Waals surface area contributed by atoms with Crippen molar-refractivity contribution in [1.82, 2.24) is 0 Å². The molecule has 0 radical (unpaired) electrons. The van der Waals surface area contributed by atoms with Crippen LogP contribution in [0.4, 0.5) is 4.79 Å². The van der Waals surface area contributed by atoms with E-state index in [1.54, 1.807) is 0 Å². The maximum absolute atomic E-state index is 11.8. The van der Waals surface area contributed by atoms with Crippen molar-refractivity contribution in [2.24, 2.45) is 11.8 Å². The molecule has 2 saturated carbocycles. The van der Waals surface area contributed by atoms with Crippen LogP contribution in [0.15, 0.2) is 0 Å². The molecular formula is C15H26O3. The predicted octanol–water partition coefficient (Wildman–Crippen LogP) is 4.30. The Hall–Kier alpha value is -0.730. The normalized spacial score (nSPS) is 37.0. The second kappa shape index (κ2) is 6.44. The maximum Gasteiger partial charge on any atom is 0.508 e.